The number of carbonyl (C=O) groups is 2. The van der Waals surface area contributed by atoms with E-state index in [0.29, 0.717) is 11.1 Å². The number of methoxy groups -OCH3 is 1. The molecule has 0 fully saturated rings. The van der Waals surface area contributed by atoms with Gasteiger partial charge in [0.2, 0.25) is 5.91 Å². The Hall–Kier alpha value is -3.02. The first-order chi connectivity index (χ1) is 12.8. The molecule has 0 saturated carbocycles. The van der Waals surface area contributed by atoms with Crippen molar-refractivity contribution in [1.29, 1.82) is 0 Å². The quantitative estimate of drug-likeness (QED) is 0.857. The minimum absolute atomic E-state index is 0.0844. The van der Waals surface area contributed by atoms with Gasteiger partial charge >= 0.3 is 6.09 Å². The van der Waals surface area contributed by atoms with E-state index < -0.39 is 6.09 Å². The maximum absolute atomic E-state index is 12.6. The number of allylic oxidation sites excluding steroid dienone is 2. The van der Waals surface area contributed by atoms with Gasteiger partial charge in [0.15, 0.2) is 0 Å². The van der Waals surface area contributed by atoms with Crippen molar-refractivity contribution in [1.82, 2.24) is 10.2 Å². The van der Waals surface area contributed by atoms with Crippen LogP contribution in [0.2, 0.25) is 0 Å². The molecule has 1 unspecified atom stereocenters. The van der Waals surface area contributed by atoms with Crippen molar-refractivity contribution in [3.05, 3.63) is 65.3 Å². The number of fused-ring (bicyclic) bond motifs is 1. The van der Waals surface area contributed by atoms with E-state index >= 15 is 0 Å². The number of amides is 2. The number of hydrogen-bond donors (Lipinski definition) is 2. The molecular weight excluding hydrogens is 344 g/mol. The standard InChI is InChI=1S/C21H24N2O4/c1-21(2)10-6-8-14-11-16(19(25)22-18(14)21)13-23(20(26)27-3)12-15-7-4-5-9-17(15)24/h4-11,18,24H,12-13H2,1-3H3,(H,22,25). The third kappa shape index (κ3) is 3.89. The van der Waals surface area contributed by atoms with Gasteiger partial charge in [-0.2, -0.15) is 0 Å². The Morgan fingerprint density at radius 2 is 2.04 bits per heavy atom. The average Bonchev–Trinajstić information content (AvgIpc) is 2.63. The van der Waals surface area contributed by atoms with E-state index in [1.807, 2.05) is 18.2 Å². The van der Waals surface area contributed by atoms with Crippen molar-refractivity contribution in [2.75, 3.05) is 13.7 Å². The topological polar surface area (TPSA) is 78.9 Å². The Morgan fingerprint density at radius 1 is 1.30 bits per heavy atom. The molecule has 0 radical (unpaired) electrons. The van der Waals surface area contributed by atoms with Gasteiger partial charge in [-0.1, -0.05) is 50.3 Å². The zero-order valence-corrected chi connectivity index (χ0v) is 15.7. The largest absolute Gasteiger partial charge is 0.508 e. The molecule has 0 aromatic heterocycles. The molecule has 1 aromatic carbocycles. The Balaban J connectivity index is 1.85. The molecule has 1 aliphatic carbocycles. The van der Waals surface area contributed by atoms with Crippen LogP contribution in [0.1, 0.15) is 19.4 Å². The minimum Gasteiger partial charge on any atom is -0.508 e. The number of phenolic OH excluding ortho intramolecular Hbond substituents is 1. The molecule has 2 aliphatic rings. The third-order valence-corrected chi connectivity index (χ3v) is 4.95. The second-order valence-corrected chi connectivity index (χ2v) is 7.38. The maximum Gasteiger partial charge on any atom is 0.410 e. The van der Waals surface area contributed by atoms with Gasteiger partial charge in [-0.05, 0) is 17.7 Å². The van der Waals surface area contributed by atoms with Gasteiger partial charge in [-0.3, -0.25) is 9.69 Å². The lowest BCUT2D eigenvalue weighted by atomic mass is 9.75. The van der Waals surface area contributed by atoms with Crippen molar-refractivity contribution in [2.45, 2.75) is 26.4 Å². The molecule has 1 aliphatic heterocycles. The Kier molecular flexibility index (Phi) is 5.08. The van der Waals surface area contributed by atoms with E-state index in [0.717, 1.165) is 5.57 Å². The summed E-state index contributed by atoms with van der Waals surface area (Å²) in [6.07, 6.45) is 7.31. The molecule has 1 heterocycles. The second kappa shape index (κ2) is 7.31. The van der Waals surface area contributed by atoms with Crippen LogP contribution in [0.25, 0.3) is 0 Å². The van der Waals surface area contributed by atoms with E-state index in [4.69, 9.17) is 4.74 Å². The summed E-state index contributed by atoms with van der Waals surface area (Å²) in [4.78, 5) is 26.3. The fourth-order valence-electron chi connectivity index (χ4n) is 3.41. The summed E-state index contributed by atoms with van der Waals surface area (Å²) in [6.45, 7) is 4.36. The van der Waals surface area contributed by atoms with Crippen LogP contribution in [0.15, 0.2) is 59.7 Å². The summed E-state index contributed by atoms with van der Waals surface area (Å²) in [6, 6.07) is 6.69. The molecule has 0 bridgehead atoms. The predicted molar refractivity (Wildman–Crippen MR) is 102 cm³/mol. The molecule has 0 saturated heterocycles. The molecule has 6 heteroatoms. The summed E-state index contributed by atoms with van der Waals surface area (Å²) in [5.41, 5.74) is 1.88. The molecule has 2 amide bonds. The SMILES string of the molecule is COC(=O)N(CC1=CC2=CC=CC(C)(C)C2NC1=O)Cc1ccccc1O. The molecule has 2 N–H and O–H groups in total. The number of ether oxygens (including phenoxy) is 1. The summed E-state index contributed by atoms with van der Waals surface area (Å²) >= 11 is 0. The average molecular weight is 368 g/mol. The number of aromatic hydroxyl groups is 1. The van der Waals surface area contributed by atoms with E-state index in [1.165, 1.54) is 12.0 Å². The third-order valence-electron chi connectivity index (χ3n) is 4.95. The first kappa shape index (κ1) is 18.8. The molecule has 1 atom stereocenters. The van der Waals surface area contributed by atoms with Gasteiger partial charge in [0.25, 0.3) is 0 Å². The Morgan fingerprint density at radius 3 is 2.74 bits per heavy atom. The molecule has 6 nitrogen and oxygen atoms in total. The number of nitrogens with zero attached hydrogens (tertiary/aromatic N) is 1. The van der Waals surface area contributed by atoms with Crippen LogP contribution in [0, 0.1) is 5.41 Å². The molecule has 1 aromatic rings. The van der Waals surface area contributed by atoms with Crippen molar-refractivity contribution in [3.63, 3.8) is 0 Å². The number of phenols is 1. The zero-order chi connectivity index (χ0) is 19.6. The van der Waals surface area contributed by atoms with Crippen molar-refractivity contribution in [2.24, 2.45) is 5.41 Å². The fraction of sp³-hybridized carbons (Fsp3) is 0.333. The van der Waals surface area contributed by atoms with Gasteiger partial charge in [-0.25, -0.2) is 4.79 Å². The number of carbonyl (C=O) groups excluding carboxylic acids is 2. The van der Waals surface area contributed by atoms with Crippen LogP contribution in [-0.2, 0) is 16.1 Å². The maximum atomic E-state index is 12.6. The lowest BCUT2D eigenvalue weighted by molar-refractivity contribution is -0.119. The van der Waals surface area contributed by atoms with Crippen LogP contribution in [0.3, 0.4) is 0 Å². The number of para-hydroxylation sites is 1. The van der Waals surface area contributed by atoms with Gasteiger partial charge < -0.3 is 15.2 Å². The highest BCUT2D eigenvalue weighted by atomic mass is 16.5. The Labute approximate surface area is 158 Å². The number of rotatable bonds is 4. The van der Waals surface area contributed by atoms with Crippen molar-refractivity contribution in [3.8, 4) is 5.75 Å². The van der Waals surface area contributed by atoms with Gasteiger partial charge in [0.1, 0.15) is 5.75 Å². The summed E-state index contributed by atoms with van der Waals surface area (Å²) in [7, 11) is 1.29. The normalized spacial score (nSPS) is 20.1. The first-order valence-corrected chi connectivity index (χ1v) is 8.82. The smallest absolute Gasteiger partial charge is 0.410 e. The highest BCUT2D eigenvalue weighted by Gasteiger charge is 2.36. The molecular formula is C21H24N2O4. The van der Waals surface area contributed by atoms with E-state index in [9.17, 15) is 14.7 Å². The van der Waals surface area contributed by atoms with E-state index in [-0.39, 0.29) is 36.2 Å². The van der Waals surface area contributed by atoms with Crippen molar-refractivity contribution < 1.29 is 19.4 Å². The number of nitrogens with one attached hydrogen (secondary N) is 1. The van der Waals surface area contributed by atoms with Crippen LogP contribution >= 0.6 is 0 Å². The van der Waals surface area contributed by atoms with Crippen LogP contribution in [0.4, 0.5) is 4.79 Å². The molecule has 3 rings (SSSR count). The summed E-state index contributed by atoms with van der Waals surface area (Å²) < 4.78 is 4.86. The molecule has 142 valence electrons. The minimum atomic E-state index is -0.563. The molecule has 27 heavy (non-hydrogen) atoms. The van der Waals surface area contributed by atoms with Gasteiger partial charge in [0.05, 0.1) is 26.2 Å². The van der Waals surface area contributed by atoms with Crippen LogP contribution in [0.5, 0.6) is 5.75 Å². The summed E-state index contributed by atoms with van der Waals surface area (Å²) in [5, 5.41) is 13.0. The highest BCUT2D eigenvalue weighted by Crippen LogP contribution is 2.34. The highest BCUT2D eigenvalue weighted by molar-refractivity contribution is 5.97. The zero-order valence-electron chi connectivity index (χ0n) is 15.7. The first-order valence-electron chi connectivity index (χ1n) is 8.82. The van der Waals surface area contributed by atoms with E-state index in [1.54, 1.807) is 24.3 Å². The van der Waals surface area contributed by atoms with Gasteiger partial charge in [0, 0.05) is 16.6 Å². The lowest BCUT2D eigenvalue weighted by Crippen LogP contribution is -2.50. The van der Waals surface area contributed by atoms with Crippen molar-refractivity contribution >= 4 is 12.0 Å². The predicted octanol–water partition coefficient (Wildman–Crippen LogP) is 2.91. The Bertz CT molecular complexity index is 851. The van der Waals surface area contributed by atoms with Crippen LogP contribution in [-0.4, -0.2) is 41.7 Å². The van der Waals surface area contributed by atoms with Crippen LogP contribution < -0.4 is 5.32 Å². The van der Waals surface area contributed by atoms with Gasteiger partial charge in [-0.15, -0.1) is 0 Å². The summed E-state index contributed by atoms with van der Waals surface area (Å²) in [5.74, 6) is -0.109. The number of benzene rings is 1. The second-order valence-electron chi connectivity index (χ2n) is 7.38. The fourth-order valence-corrected chi connectivity index (χ4v) is 3.41. The lowest BCUT2D eigenvalue weighted by Gasteiger charge is -2.38. The molecule has 0 spiro atoms. The monoisotopic (exact) mass is 368 g/mol. The van der Waals surface area contributed by atoms with E-state index in [2.05, 4.69) is 25.2 Å². The number of hydrogen-bond acceptors (Lipinski definition) is 4.